The van der Waals surface area contributed by atoms with E-state index in [-0.39, 0.29) is 43.4 Å². The predicted molar refractivity (Wildman–Crippen MR) is 237 cm³/mol. The molecule has 0 aromatic rings. The molecule has 0 saturated carbocycles. The van der Waals surface area contributed by atoms with Gasteiger partial charge in [-0.2, -0.15) is 0 Å². The largest absolute Gasteiger partial charge is 0.458 e. The summed E-state index contributed by atoms with van der Waals surface area (Å²) >= 11 is 0. The molecule has 0 radical (unpaired) electrons. The molecule has 8 N–H and O–H groups in total. The molecule has 21 atom stereocenters. The van der Waals surface area contributed by atoms with Crippen LogP contribution in [0.2, 0.25) is 0 Å². The molecule has 63 heavy (non-hydrogen) atoms. The second-order valence-electron chi connectivity index (χ2n) is 20.2. The zero-order chi connectivity index (χ0) is 47.0. The molecule has 4 heterocycles. The van der Waals surface area contributed by atoms with Gasteiger partial charge in [-0.25, -0.2) is 4.79 Å². The SMILES string of the molecule is CCC(O)CC1CCCC2(O1)OC1CC(O)C(CC(C)CO)C=CCCCC(C)C(O)C(OC3CC(O)C(N(C)C)C(C)O3)C(O)C(C)C(O)C(C)(O)C=CC(=O)OC(C1C)C2C. The molecule has 0 aliphatic carbocycles. The van der Waals surface area contributed by atoms with Gasteiger partial charge in [0.2, 0.25) is 0 Å². The van der Waals surface area contributed by atoms with E-state index in [4.69, 9.17) is 23.7 Å². The number of aliphatic hydroxyl groups is 8. The summed E-state index contributed by atoms with van der Waals surface area (Å²) in [5, 5.41) is 90.6. The molecule has 4 aliphatic rings. The van der Waals surface area contributed by atoms with Crippen molar-refractivity contribution < 1.29 is 69.3 Å². The minimum atomic E-state index is -2.06. The van der Waals surface area contributed by atoms with Crippen LogP contribution in [0, 0.1) is 35.5 Å². The number of rotatable bonds is 9. The smallest absolute Gasteiger partial charge is 0.330 e. The Morgan fingerprint density at radius 1 is 0.937 bits per heavy atom. The van der Waals surface area contributed by atoms with E-state index in [0.717, 1.165) is 25.0 Å². The summed E-state index contributed by atoms with van der Waals surface area (Å²) in [4.78, 5) is 15.7. The molecule has 15 heteroatoms. The van der Waals surface area contributed by atoms with Crippen molar-refractivity contribution in [3.8, 4) is 0 Å². The van der Waals surface area contributed by atoms with Crippen molar-refractivity contribution in [3.63, 3.8) is 0 Å². The summed E-state index contributed by atoms with van der Waals surface area (Å²) in [6.45, 7) is 14.1. The average Bonchev–Trinajstić information content (AvgIpc) is 3.23. The molecule has 0 amide bonds. The van der Waals surface area contributed by atoms with Crippen LogP contribution >= 0.6 is 0 Å². The van der Waals surface area contributed by atoms with Crippen molar-refractivity contribution in [1.29, 1.82) is 0 Å². The number of carbonyl (C=O) groups excluding carboxylic acids is 1. The van der Waals surface area contributed by atoms with Gasteiger partial charge in [0.1, 0.15) is 17.8 Å². The maximum atomic E-state index is 13.8. The Hall–Kier alpha value is -1.57. The van der Waals surface area contributed by atoms with Gasteiger partial charge < -0.3 is 69.4 Å². The topological polar surface area (TPSA) is 228 Å². The highest BCUT2D eigenvalue weighted by atomic mass is 16.7. The molecule has 2 bridgehead atoms. The third-order valence-corrected chi connectivity index (χ3v) is 14.7. The van der Waals surface area contributed by atoms with E-state index < -0.39 is 108 Å². The lowest BCUT2D eigenvalue weighted by atomic mass is 9.75. The fourth-order valence-electron chi connectivity index (χ4n) is 10.5. The Labute approximate surface area is 376 Å². The fraction of sp³-hybridized carbons (Fsp3) is 0.896. The molecule has 0 aromatic carbocycles. The standard InChI is InChI=1S/C48H85NO14/c1-11-34(51)23-35-18-15-20-48(62-35)31(6)44-29(4)38(63-48)24-36(52)33(22-27(2)26-50)17-14-12-13-16-28(3)42(55)45(61-40-25-37(53)41(49(9)10)32(7)59-40)43(56)30(5)46(57)47(8,58)21-19-39(54)60-44/h14,17,19,21,27-38,40-46,50-53,55-58H,11-13,15-16,18,20,22-26H2,1-10H3. The van der Waals surface area contributed by atoms with E-state index >= 15 is 0 Å². The molecule has 4 rings (SSSR count). The Morgan fingerprint density at radius 2 is 1.63 bits per heavy atom. The number of hydrogen-bond acceptors (Lipinski definition) is 15. The number of carbonyl (C=O) groups is 1. The highest BCUT2D eigenvalue weighted by Crippen LogP contribution is 2.48. The second kappa shape index (κ2) is 23.9. The van der Waals surface area contributed by atoms with Crippen molar-refractivity contribution >= 4 is 5.97 Å². The Bertz CT molecular complexity index is 1440. The van der Waals surface area contributed by atoms with Crippen molar-refractivity contribution in [1.82, 2.24) is 4.90 Å². The van der Waals surface area contributed by atoms with Gasteiger partial charge in [0.25, 0.3) is 0 Å². The molecule has 4 aliphatic heterocycles. The van der Waals surface area contributed by atoms with Crippen LogP contribution in [0.1, 0.15) is 126 Å². The summed E-state index contributed by atoms with van der Waals surface area (Å²) < 4.78 is 32.4. The van der Waals surface area contributed by atoms with E-state index in [1.54, 1.807) is 0 Å². The summed E-state index contributed by atoms with van der Waals surface area (Å²) in [7, 11) is 3.69. The number of esters is 1. The highest BCUT2D eigenvalue weighted by Gasteiger charge is 2.56. The average molecular weight is 900 g/mol. The van der Waals surface area contributed by atoms with Crippen molar-refractivity contribution in [2.75, 3.05) is 20.7 Å². The minimum Gasteiger partial charge on any atom is -0.458 e. The third kappa shape index (κ3) is 14.0. The molecule has 3 fully saturated rings. The van der Waals surface area contributed by atoms with E-state index in [1.807, 2.05) is 72.7 Å². The maximum Gasteiger partial charge on any atom is 0.330 e. The molecule has 21 unspecified atom stereocenters. The summed E-state index contributed by atoms with van der Waals surface area (Å²) in [5.74, 6) is -4.77. The number of allylic oxidation sites excluding steroid dienone is 1. The number of fused-ring (bicyclic) bond motifs is 2. The van der Waals surface area contributed by atoms with Gasteiger partial charge in [-0.3, -0.25) is 0 Å². The van der Waals surface area contributed by atoms with Crippen molar-refractivity contribution in [2.45, 2.75) is 217 Å². The first-order valence-electron chi connectivity index (χ1n) is 23.9. The van der Waals surface area contributed by atoms with Crippen LogP contribution in [0.25, 0.3) is 0 Å². The zero-order valence-electron chi connectivity index (χ0n) is 39.7. The van der Waals surface area contributed by atoms with Gasteiger partial charge in [0.15, 0.2) is 12.1 Å². The first kappa shape index (κ1) is 54.0. The normalized spacial score (nSPS) is 45.3. The van der Waals surface area contributed by atoms with Crippen LogP contribution in [0.4, 0.5) is 0 Å². The Kier molecular flexibility index (Phi) is 20.5. The van der Waals surface area contributed by atoms with Gasteiger partial charge in [-0.15, -0.1) is 0 Å². The summed E-state index contributed by atoms with van der Waals surface area (Å²) in [6.07, 6.45) is 0.704. The minimum absolute atomic E-state index is 0.0502. The Morgan fingerprint density at radius 3 is 2.27 bits per heavy atom. The number of ether oxygens (including phenoxy) is 5. The molecule has 0 aromatic heterocycles. The Balaban J connectivity index is 1.70. The monoisotopic (exact) mass is 900 g/mol. The maximum absolute atomic E-state index is 13.8. The van der Waals surface area contributed by atoms with Crippen molar-refractivity contribution in [2.24, 2.45) is 35.5 Å². The van der Waals surface area contributed by atoms with Gasteiger partial charge >= 0.3 is 5.97 Å². The van der Waals surface area contributed by atoms with Crippen LogP contribution in [-0.4, -0.2) is 163 Å². The van der Waals surface area contributed by atoms with E-state index in [9.17, 15) is 45.6 Å². The lowest BCUT2D eigenvalue weighted by molar-refractivity contribution is -0.366. The highest BCUT2D eigenvalue weighted by molar-refractivity contribution is 5.82. The number of likely N-dealkylation sites (N-methyl/N-ethyl adjacent to an activating group) is 1. The lowest BCUT2D eigenvalue weighted by Gasteiger charge is -2.54. The first-order valence-corrected chi connectivity index (χ1v) is 23.9. The molecule has 3 saturated heterocycles. The predicted octanol–water partition coefficient (Wildman–Crippen LogP) is 3.59. The fourth-order valence-corrected chi connectivity index (χ4v) is 10.5. The summed E-state index contributed by atoms with van der Waals surface area (Å²) in [5.41, 5.74) is -2.06. The first-order chi connectivity index (χ1) is 29.5. The molecular weight excluding hydrogens is 815 g/mol. The quantitative estimate of drug-likeness (QED) is 0.122. The third-order valence-electron chi connectivity index (χ3n) is 14.7. The van der Waals surface area contributed by atoms with E-state index in [0.29, 0.717) is 44.9 Å². The van der Waals surface area contributed by atoms with Crippen LogP contribution < -0.4 is 0 Å². The number of nitrogens with zero attached hydrogens (tertiary/aromatic N) is 1. The molecular formula is C48H85NO14. The van der Waals surface area contributed by atoms with Gasteiger partial charge in [0.05, 0.1) is 61.0 Å². The molecule has 15 nitrogen and oxygen atoms in total. The number of aliphatic hydroxyl groups excluding tert-OH is 7. The van der Waals surface area contributed by atoms with Crippen LogP contribution in [0.5, 0.6) is 0 Å². The number of hydrogen-bond donors (Lipinski definition) is 8. The lowest BCUT2D eigenvalue weighted by Crippen LogP contribution is -2.62. The van der Waals surface area contributed by atoms with Crippen LogP contribution in [0.15, 0.2) is 24.3 Å². The van der Waals surface area contributed by atoms with Gasteiger partial charge in [-0.05, 0) is 97.2 Å². The van der Waals surface area contributed by atoms with Crippen LogP contribution in [0.3, 0.4) is 0 Å². The van der Waals surface area contributed by atoms with Gasteiger partial charge in [0, 0.05) is 55.6 Å². The van der Waals surface area contributed by atoms with E-state index in [2.05, 4.69) is 0 Å². The zero-order valence-corrected chi connectivity index (χ0v) is 39.7. The summed E-state index contributed by atoms with van der Waals surface area (Å²) in [6, 6.07) is -0.306. The second-order valence-corrected chi connectivity index (χ2v) is 20.2. The molecule has 1 spiro atoms. The van der Waals surface area contributed by atoms with E-state index in [1.165, 1.54) is 13.8 Å². The van der Waals surface area contributed by atoms with Gasteiger partial charge in [-0.1, -0.05) is 53.7 Å². The van der Waals surface area contributed by atoms with Crippen LogP contribution in [-0.2, 0) is 28.5 Å². The van der Waals surface area contributed by atoms with Crippen molar-refractivity contribution in [3.05, 3.63) is 24.3 Å². The molecule has 366 valence electrons.